The standard InChI is InChI=1S/C20H17F3N4O2S/c21-20(22,23)14-2-4-15(5-3-14)25-18(28)16-12-30-19(26-16)13-1-6-17(24-11-13)27-7-9-29-10-8-27/h1-6,11-12H,7-10H2,(H,25,28). The molecule has 6 nitrogen and oxygen atoms in total. The molecular formula is C20H17F3N4O2S. The third-order valence-electron chi connectivity index (χ3n) is 4.54. The Balaban J connectivity index is 1.42. The average molecular weight is 434 g/mol. The second-order valence-corrected chi connectivity index (χ2v) is 7.43. The van der Waals surface area contributed by atoms with Gasteiger partial charge in [0.15, 0.2) is 0 Å². The topological polar surface area (TPSA) is 67.4 Å². The van der Waals surface area contributed by atoms with Crippen molar-refractivity contribution in [1.82, 2.24) is 9.97 Å². The predicted octanol–water partition coefficient (Wildman–Crippen LogP) is 4.31. The van der Waals surface area contributed by atoms with E-state index in [0.717, 1.165) is 36.6 Å². The van der Waals surface area contributed by atoms with E-state index in [1.54, 1.807) is 11.6 Å². The van der Waals surface area contributed by atoms with Crippen molar-refractivity contribution in [3.8, 4) is 10.6 Å². The van der Waals surface area contributed by atoms with Gasteiger partial charge in [0, 0.05) is 35.9 Å². The van der Waals surface area contributed by atoms with E-state index in [9.17, 15) is 18.0 Å². The molecular weight excluding hydrogens is 417 g/mol. The number of halogens is 3. The molecule has 1 amide bonds. The third-order valence-corrected chi connectivity index (χ3v) is 5.43. The molecule has 0 saturated carbocycles. The van der Waals surface area contributed by atoms with Crippen LogP contribution in [0.3, 0.4) is 0 Å². The van der Waals surface area contributed by atoms with Crippen LogP contribution < -0.4 is 10.2 Å². The molecule has 0 unspecified atom stereocenters. The van der Waals surface area contributed by atoms with Crippen LogP contribution in [0.4, 0.5) is 24.7 Å². The molecule has 4 rings (SSSR count). The number of carbonyl (C=O) groups is 1. The Bertz CT molecular complexity index is 1010. The van der Waals surface area contributed by atoms with Gasteiger partial charge in [-0.1, -0.05) is 0 Å². The highest BCUT2D eigenvalue weighted by Gasteiger charge is 2.30. The van der Waals surface area contributed by atoms with Crippen molar-refractivity contribution in [3.05, 3.63) is 59.2 Å². The van der Waals surface area contributed by atoms with Gasteiger partial charge in [-0.05, 0) is 36.4 Å². The number of ether oxygens (including phenoxy) is 1. The summed E-state index contributed by atoms with van der Waals surface area (Å²) in [7, 11) is 0. The van der Waals surface area contributed by atoms with Crippen LogP contribution in [0, 0.1) is 0 Å². The lowest BCUT2D eigenvalue weighted by atomic mass is 10.2. The molecule has 156 valence electrons. The lowest BCUT2D eigenvalue weighted by Crippen LogP contribution is -2.36. The van der Waals surface area contributed by atoms with Crippen molar-refractivity contribution in [3.63, 3.8) is 0 Å². The van der Waals surface area contributed by atoms with Gasteiger partial charge in [0.25, 0.3) is 5.91 Å². The van der Waals surface area contributed by atoms with Gasteiger partial charge in [-0.3, -0.25) is 4.79 Å². The molecule has 3 aromatic rings. The van der Waals surface area contributed by atoms with Gasteiger partial charge in [-0.2, -0.15) is 13.2 Å². The summed E-state index contributed by atoms with van der Waals surface area (Å²) >= 11 is 1.29. The molecule has 1 N–H and O–H groups in total. The molecule has 1 aliphatic heterocycles. The molecule has 1 fully saturated rings. The molecule has 2 aromatic heterocycles. The molecule has 0 bridgehead atoms. The Labute approximate surface area is 174 Å². The number of hydrogen-bond donors (Lipinski definition) is 1. The number of amides is 1. The van der Waals surface area contributed by atoms with Crippen molar-refractivity contribution in [2.45, 2.75) is 6.18 Å². The molecule has 3 heterocycles. The maximum Gasteiger partial charge on any atom is 0.416 e. The van der Waals surface area contributed by atoms with Crippen LogP contribution in [-0.4, -0.2) is 42.2 Å². The number of morpholine rings is 1. The number of aromatic nitrogens is 2. The molecule has 30 heavy (non-hydrogen) atoms. The zero-order valence-corrected chi connectivity index (χ0v) is 16.5. The fourth-order valence-electron chi connectivity index (χ4n) is 2.94. The van der Waals surface area contributed by atoms with Crippen LogP contribution in [-0.2, 0) is 10.9 Å². The highest BCUT2D eigenvalue weighted by atomic mass is 32.1. The first kappa shape index (κ1) is 20.3. The van der Waals surface area contributed by atoms with Crippen molar-refractivity contribution >= 4 is 28.7 Å². The number of alkyl halides is 3. The summed E-state index contributed by atoms with van der Waals surface area (Å²) < 4.78 is 43.2. The Kier molecular flexibility index (Phi) is 5.69. The van der Waals surface area contributed by atoms with E-state index in [-0.39, 0.29) is 11.4 Å². The van der Waals surface area contributed by atoms with E-state index in [1.807, 2.05) is 12.1 Å². The molecule has 10 heteroatoms. The molecule has 0 aliphatic carbocycles. The van der Waals surface area contributed by atoms with E-state index < -0.39 is 17.6 Å². The Morgan fingerprint density at radius 3 is 2.47 bits per heavy atom. The summed E-state index contributed by atoms with van der Waals surface area (Å²) in [5.41, 5.74) is 0.460. The van der Waals surface area contributed by atoms with Crippen molar-refractivity contribution in [2.75, 3.05) is 36.5 Å². The minimum atomic E-state index is -4.42. The Hall–Kier alpha value is -2.98. The van der Waals surface area contributed by atoms with Crippen LogP contribution in [0.1, 0.15) is 16.1 Å². The minimum absolute atomic E-state index is 0.187. The summed E-state index contributed by atoms with van der Waals surface area (Å²) in [6.45, 7) is 2.93. The summed E-state index contributed by atoms with van der Waals surface area (Å²) in [6, 6.07) is 8.07. The smallest absolute Gasteiger partial charge is 0.378 e. The summed E-state index contributed by atoms with van der Waals surface area (Å²) in [6.07, 6.45) is -2.71. The molecule has 0 spiro atoms. The van der Waals surface area contributed by atoms with Crippen LogP contribution >= 0.6 is 11.3 Å². The Morgan fingerprint density at radius 1 is 1.10 bits per heavy atom. The fraction of sp³-hybridized carbons (Fsp3) is 0.250. The van der Waals surface area contributed by atoms with E-state index in [1.165, 1.54) is 23.5 Å². The SMILES string of the molecule is O=C(Nc1ccc(C(F)(F)F)cc1)c1csc(-c2ccc(N3CCOCC3)nc2)n1. The normalized spacial score (nSPS) is 14.6. The predicted molar refractivity (Wildman–Crippen MR) is 108 cm³/mol. The van der Waals surface area contributed by atoms with Crippen molar-refractivity contribution in [2.24, 2.45) is 0 Å². The number of thiazole rings is 1. The molecule has 1 aromatic carbocycles. The lowest BCUT2D eigenvalue weighted by Gasteiger charge is -2.27. The molecule has 1 aliphatic rings. The third kappa shape index (κ3) is 4.60. The zero-order valence-electron chi connectivity index (χ0n) is 15.6. The first-order valence-electron chi connectivity index (χ1n) is 9.13. The Morgan fingerprint density at radius 2 is 1.83 bits per heavy atom. The summed E-state index contributed by atoms with van der Waals surface area (Å²) in [5, 5.41) is 4.79. The van der Waals surface area contributed by atoms with Crippen LogP contribution in [0.2, 0.25) is 0 Å². The number of anilines is 2. The quantitative estimate of drug-likeness (QED) is 0.663. The largest absolute Gasteiger partial charge is 0.416 e. The molecule has 0 radical (unpaired) electrons. The van der Waals surface area contributed by atoms with Gasteiger partial charge in [-0.15, -0.1) is 11.3 Å². The highest BCUT2D eigenvalue weighted by Crippen LogP contribution is 2.30. The number of nitrogens with zero attached hydrogens (tertiary/aromatic N) is 3. The highest BCUT2D eigenvalue weighted by molar-refractivity contribution is 7.13. The van der Waals surface area contributed by atoms with Gasteiger partial charge >= 0.3 is 6.18 Å². The number of benzene rings is 1. The van der Waals surface area contributed by atoms with Gasteiger partial charge < -0.3 is 15.0 Å². The van der Waals surface area contributed by atoms with E-state index in [0.29, 0.717) is 18.2 Å². The lowest BCUT2D eigenvalue weighted by molar-refractivity contribution is -0.137. The van der Waals surface area contributed by atoms with Gasteiger partial charge in [0.1, 0.15) is 16.5 Å². The van der Waals surface area contributed by atoms with E-state index in [4.69, 9.17) is 4.74 Å². The van der Waals surface area contributed by atoms with Crippen molar-refractivity contribution < 1.29 is 22.7 Å². The number of hydrogen-bond acceptors (Lipinski definition) is 6. The summed E-state index contributed by atoms with van der Waals surface area (Å²) in [4.78, 5) is 23.3. The summed E-state index contributed by atoms with van der Waals surface area (Å²) in [5.74, 6) is 0.369. The van der Waals surface area contributed by atoms with Crippen LogP contribution in [0.15, 0.2) is 48.0 Å². The first-order valence-corrected chi connectivity index (χ1v) is 10.0. The minimum Gasteiger partial charge on any atom is -0.378 e. The average Bonchev–Trinajstić information content (AvgIpc) is 3.25. The van der Waals surface area contributed by atoms with Crippen LogP contribution in [0.5, 0.6) is 0 Å². The van der Waals surface area contributed by atoms with Crippen molar-refractivity contribution in [1.29, 1.82) is 0 Å². The van der Waals surface area contributed by atoms with E-state index in [2.05, 4.69) is 20.2 Å². The van der Waals surface area contributed by atoms with Gasteiger partial charge in [0.2, 0.25) is 0 Å². The first-order chi connectivity index (χ1) is 14.4. The molecule has 0 atom stereocenters. The monoisotopic (exact) mass is 434 g/mol. The maximum atomic E-state index is 12.6. The number of carbonyl (C=O) groups excluding carboxylic acids is 1. The maximum absolute atomic E-state index is 12.6. The second kappa shape index (κ2) is 8.41. The van der Waals surface area contributed by atoms with Gasteiger partial charge in [0.05, 0.1) is 18.8 Å². The number of rotatable bonds is 4. The zero-order chi connectivity index (χ0) is 21.1. The van der Waals surface area contributed by atoms with Crippen LogP contribution in [0.25, 0.3) is 10.6 Å². The van der Waals surface area contributed by atoms with E-state index >= 15 is 0 Å². The fourth-order valence-corrected chi connectivity index (χ4v) is 3.73. The number of pyridine rings is 1. The van der Waals surface area contributed by atoms with Gasteiger partial charge in [-0.25, -0.2) is 9.97 Å². The number of nitrogens with one attached hydrogen (secondary N) is 1. The molecule has 1 saturated heterocycles. The second-order valence-electron chi connectivity index (χ2n) is 6.57.